The molecular weight excluding hydrogens is 358 g/mol. The molecule has 0 saturated heterocycles. The molecule has 6 nitrogen and oxygen atoms in total. The van der Waals surface area contributed by atoms with Crippen LogP contribution in [0.4, 0.5) is 0 Å². The fourth-order valence-electron chi connectivity index (χ4n) is 2.73. The van der Waals surface area contributed by atoms with Crippen LogP contribution in [0.1, 0.15) is 34.0 Å². The van der Waals surface area contributed by atoms with Gasteiger partial charge in [0, 0.05) is 28.7 Å². The Kier molecular flexibility index (Phi) is 5.69. The standard InChI is InChI=1S/C22H19NO5/c1-2-14-5-9-18-17(12-21(25)28-19(18)11-14)13-27-20(24)10-6-15-3-7-16(8-4-15)22(23)26/h3-12H,2,13H2,1H3,(H2,23,26)/b10-6+. The molecule has 142 valence electrons. The van der Waals surface area contributed by atoms with Gasteiger partial charge in [-0.1, -0.05) is 31.2 Å². The zero-order valence-corrected chi connectivity index (χ0v) is 15.3. The highest BCUT2D eigenvalue weighted by Crippen LogP contribution is 2.20. The van der Waals surface area contributed by atoms with Gasteiger partial charge >= 0.3 is 11.6 Å². The lowest BCUT2D eigenvalue weighted by atomic mass is 10.1. The third kappa shape index (κ3) is 4.54. The molecule has 0 aliphatic carbocycles. The number of ether oxygens (including phenoxy) is 1. The number of carbonyl (C=O) groups excluding carboxylic acids is 2. The molecule has 1 aromatic heterocycles. The quantitative estimate of drug-likeness (QED) is 0.404. The topological polar surface area (TPSA) is 99.6 Å². The fourth-order valence-corrected chi connectivity index (χ4v) is 2.73. The van der Waals surface area contributed by atoms with Gasteiger partial charge in [0.15, 0.2) is 0 Å². The Morgan fingerprint density at radius 2 is 1.86 bits per heavy atom. The summed E-state index contributed by atoms with van der Waals surface area (Å²) in [6, 6.07) is 13.4. The average molecular weight is 377 g/mol. The fraction of sp³-hybridized carbons (Fsp3) is 0.136. The van der Waals surface area contributed by atoms with Crippen LogP contribution >= 0.6 is 0 Å². The molecule has 6 heteroatoms. The highest BCUT2D eigenvalue weighted by Gasteiger charge is 2.08. The second-order valence-corrected chi connectivity index (χ2v) is 6.20. The van der Waals surface area contributed by atoms with Crippen molar-refractivity contribution in [3.8, 4) is 0 Å². The number of nitrogens with two attached hydrogens (primary N) is 1. The minimum Gasteiger partial charge on any atom is -0.458 e. The van der Waals surface area contributed by atoms with E-state index in [-0.39, 0.29) is 6.61 Å². The minimum atomic E-state index is -0.550. The molecule has 2 N–H and O–H groups in total. The Labute approximate surface area is 161 Å². The molecule has 2 aromatic carbocycles. The van der Waals surface area contributed by atoms with E-state index in [9.17, 15) is 14.4 Å². The van der Waals surface area contributed by atoms with Gasteiger partial charge in [0.1, 0.15) is 12.2 Å². The Morgan fingerprint density at radius 1 is 1.11 bits per heavy atom. The first-order valence-corrected chi connectivity index (χ1v) is 8.76. The Morgan fingerprint density at radius 3 is 2.54 bits per heavy atom. The van der Waals surface area contributed by atoms with E-state index in [1.807, 2.05) is 25.1 Å². The first-order chi connectivity index (χ1) is 13.5. The second-order valence-electron chi connectivity index (χ2n) is 6.20. The largest absolute Gasteiger partial charge is 0.458 e. The molecule has 0 fully saturated rings. The molecule has 0 aliphatic rings. The van der Waals surface area contributed by atoms with Gasteiger partial charge in [-0.05, 0) is 41.8 Å². The molecule has 3 aromatic rings. The summed E-state index contributed by atoms with van der Waals surface area (Å²) in [5, 5.41) is 0.732. The van der Waals surface area contributed by atoms with Crippen LogP contribution in [0.25, 0.3) is 17.0 Å². The summed E-state index contributed by atoms with van der Waals surface area (Å²) in [5.41, 5.74) is 7.92. The zero-order chi connectivity index (χ0) is 20.1. The monoisotopic (exact) mass is 377 g/mol. The molecule has 3 rings (SSSR count). The number of aryl methyl sites for hydroxylation is 1. The van der Waals surface area contributed by atoms with Crippen molar-refractivity contribution in [2.24, 2.45) is 5.73 Å². The first kappa shape index (κ1) is 19.1. The van der Waals surface area contributed by atoms with Crippen molar-refractivity contribution in [1.82, 2.24) is 0 Å². The molecule has 0 atom stereocenters. The summed E-state index contributed by atoms with van der Waals surface area (Å²) in [6.07, 6.45) is 3.67. The third-order valence-electron chi connectivity index (χ3n) is 4.28. The van der Waals surface area contributed by atoms with Gasteiger partial charge in [0.25, 0.3) is 0 Å². The van der Waals surface area contributed by atoms with Gasteiger partial charge < -0.3 is 14.9 Å². The summed E-state index contributed by atoms with van der Waals surface area (Å²) < 4.78 is 10.5. The predicted molar refractivity (Wildman–Crippen MR) is 106 cm³/mol. The van der Waals surface area contributed by atoms with Gasteiger partial charge in [-0.25, -0.2) is 9.59 Å². The van der Waals surface area contributed by atoms with Crippen molar-refractivity contribution in [3.05, 3.63) is 87.3 Å². The molecule has 0 saturated carbocycles. The number of hydrogen-bond acceptors (Lipinski definition) is 5. The number of esters is 1. The van der Waals surface area contributed by atoms with Crippen molar-refractivity contribution < 1.29 is 18.7 Å². The first-order valence-electron chi connectivity index (χ1n) is 8.76. The van der Waals surface area contributed by atoms with Crippen LogP contribution < -0.4 is 11.4 Å². The second kappa shape index (κ2) is 8.35. The summed E-state index contributed by atoms with van der Waals surface area (Å²) >= 11 is 0. The lowest BCUT2D eigenvalue weighted by Gasteiger charge is -2.07. The SMILES string of the molecule is CCc1ccc2c(COC(=O)/C=C/c3ccc(C(N)=O)cc3)cc(=O)oc2c1. The molecule has 0 radical (unpaired) electrons. The van der Waals surface area contributed by atoms with Crippen LogP contribution in [0, 0.1) is 0 Å². The number of primary amides is 1. The summed E-state index contributed by atoms with van der Waals surface area (Å²) in [4.78, 5) is 34.8. The van der Waals surface area contributed by atoms with E-state index in [1.54, 1.807) is 30.3 Å². The highest BCUT2D eigenvalue weighted by molar-refractivity contribution is 5.93. The maximum absolute atomic E-state index is 12.0. The molecule has 1 heterocycles. The van der Waals surface area contributed by atoms with Crippen molar-refractivity contribution in [3.63, 3.8) is 0 Å². The Hall–Kier alpha value is -3.67. The average Bonchev–Trinajstić information content (AvgIpc) is 2.70. The van der Waals surface area contributed by atoms with E-state index >= 15 is 0 Å². The normalized spacial score (nSPS) is 11.0. The van der Waals surface area contributed by atoms with E-state index in [0.717, 1.165) is 22.9 Å². The van der Waals surface area contributed by atoms with E-state index in [1.165, 1.54) is 12.1 Å². The summed E-state index contributed by atoms with van der Waals surface area (Å²) in [7, 11) is 0. The van der Waals surface area contributed by atoms with Gasteiger partial charge in [-0.2, -0.15) is 0 Å². The van der Waals surface area contributed by atoms with Gasteiger partial charge in [-0.3, -0.25) is 4.79 Å². The smallest absolute Gasteiger partial charge is 0.336 e. The molecular formula is C22H19NO5. The molecule has 28 heavy (non-hydrogen) atoms. The predicted octanol–water partition coefficient (Wildman–Crippen LogP) is 3.21. The van der Waals surface area contributed by atoms with Crippen molar-refractivity contribution in [1.29, 1.82) is 0 Å². The zero-order valence-electron chi connectivity index (χ0n) is 15.3. The van der Waals surface area contributed by atoms with Crippen molar-refractivity contribution >= 4 is 28.9 Å². The van der Waals surface area contributed by atoms with Crippen LogP contribution in [0.3, 0.4) is 0 Å². The van der Waals surface area contributed by atoms with Gasteiger partial charge in [0.2, 0.25) is 5.91 Å². The van der Waals surface area contributed by atoms with Gasteiger partial charge in [0.05, 0.1) is 0 Å². The van der Waals surface area contributed by atoms with Crippen molar-refractivity contribution in [2.45, 2.75) is 20.0 Å². The maximum Gasteiger partial charge on any atom is 0.336 e. The Balaban J connectivity index is 1.70. The number of hydrogen-bond donors (Lipinski definition) is 1. The van der Waals surface area contributed by atoms with Gasteiger partial charge in [-0.15, -0.1) is 0 Å². The minimum absolute atomic E-state index is 0.0443. The van der Waals surface area contributed by atoms with Crippen LogP contribution in [0.5, 0.6) is 0 Å². The molecule has 1 amide bonds. The summed E-state index contributed by atoms with van der Waals surface area (Å²) in [5.74, 6) is -1.06. The van der Waals surface area contributed by atoms with Crippen LogP contribution in [0.15, 0.2) is 63.8 Å². The van der Waals surface area contributed by atoms with E-state index < -0.39 is 17.5 Å². The molecule has 0 bridgehead atoms. The number of rotatable bonds is 6. The van der Waals surface area contributed by atoms with Crippen LogP contribution in [0.2, 0.25) is 0 Å². The number of amides is 1. The number of benzene rings is 2. The Bertz CT molecular complexity index is 1110. The third-order valence-corrected chi connectivity index (χ3v) is 4.28. The van der Waals surface area contributed by atoms with Crippen LogP contribution in [-0.4, -0.2) is 11.9 Å². The number of fused-ring (bicyclic) bond motifs is 1. The molecule has 0 aliphatic heterocycles. The van der Waals surface area contributed by atoms with E-state index in [2.05, 4.69) is 0 Å². The maximum atomic E-state index is 12.0. The lowest BCUT2D eigenvalue weighted by Crippen LogP contribution is -2.10. The molecule has 0 spiro atoms. The van der Waals surface area contributed by atoms with E-state index in [0.29, 0.717) is 16.7 Å². The van der Waals surface area contributed by atoms with Crippen molar-refractivity contribution in [2.75, 3.05) is 0 Å². The van der Waals surface area contributed by atoms with Crippen LogP contribution in [-0.2, 0) is 22.6 Å². The summed E-state index contributed by atoms with van der Waals surface area (Å²) in [6.45, 7) is 1.97. The molecule has 0 unspecified atom stereocenters. The van der Waals surface area contributed by atoms with E-state index in [4.69, 9.17) is 14.9 Å². The lowest BCUT2D eigenvalue weighted by molar-refractivity contribution is -0.138. The highest BCUT2D eigenvalue weighted by atomic mass is 16.5. The number of carbonyl (C=O) groups is 2.